The molecule has 0 aliphatic rings. The summed E-state index contributed by atoms with van der Waals surface area (Å²) < 4.78 is 58.1. The van der Waals surface area contributed by atoms with Gasteiger partial charge in [0.2, 0.25) is 5.16 Å². The van der Waals surface area contributed by atoms with Crippen molar-refractivity contribution in [2.45, 2.75) is 29.7 Å². The zero-order valence-electron chi connectivity index (χ0n) is 23.0. The number of carbonyl (C=O) groups is 1. The molecule has 0 aliphatic carbocycles. The molecule has 0 fully saturated rings. The number of imidazole rings is 1. The van der Waals surface area contributed by atoms with Gasteiger partial charge in [-0.1, -0.05) is 0 Å². The zero-order valence-corrected chi connectivity index (χ0v) is 25.6. The molecule has 0 radical (unpaired) electrons. The summed E-state index contributed by atoms with van der Waals surface area (Å²) >= 11 is 0. The molecule has 14 heteroatoms. The average Bonchev–Trinajstić information content (AvgIpc) is 3.29. The monoisotopic (exact) mass is 583 g/mol. The van der Waals surface area contributed by atoms with Crippen LogP contribution in [-0.2, 0) is 31.4 Å². The Kier molecular flexibility index (Phi) is 9.78. The van der Waals surface area contributed by atoms with Gasteiger partial charge in [0.15, 0.2) is 6.61 Å². The number of methoxy groups -OCH3 is 2. The van der Waals surface area contributed by atoms with Gasteiger partial charge in [-0.05, 0) is 50.2 Å². The van der Waals surface area contributed by atoms with E-state index >= 15 is 0 Å². The number of pyridine rings is 1. The van der Waals surface area contributed by atoms with Crippen molar-refractivity contribution in [3.63, 3.8) is 0 Å². The van der Waals surface area contributed by atoms with E-state index in [4.69, 9.17) is 19.3 Å². The first-order valence-corrected chi connectivity index (χ1v) is 14.0. The van der Waals surface area contributed by atoms with E-state index in [1.165, 1.54) is 44.6 Å². The van der Waals surface area contributed by atoms with E-state index in [2.05, 4.69) is 9.97 Å². The molecule has 0 amide bonds. The molecular weight excluding hydrogens is 557 g/mol. The van der Waals surface area contributed by atoms with Crippen molar-refractivity contribution < 1.29 is 67.7 Å². The maximum absolute atomic E-state index is 13.9. The second kappa shape index (κ2) is 12.5. The molecule has 0 saturated heterocycles. The maximum atomic E-state index is 13.9. The molecule has 0 bridgehead atoms. The number of hydrogen-bond donors (Lipinski definition) is 1. The number of aromatic nitrogens is 3. The van der Waals surface area contributed by atoms with Gasteiger partial charge in [-0.2, -0.15) is 0 Å². The standard InChI is InChI=1S/C25H25N3O8S2.Na.H/c1-15-12-26-21(16(2)24(15)35-4)14-37(31)25-27-20-10-7-18(34-3)11-22(20)28(25)38(32,33)19-8-5-17(6-9-19)36-13-23(29)30;;/h5-12H,13-14H2,1-4H3,(H,29,30);;/q;+1;-1. The van der Waals surface area contributed by atoms with E-state index in [0.29, 0.717) is 28.3 Å². The van der Waals surface area contributed by atoms with Gasteiger partial charge in [-0.3, -0.25) is 9.19 Å². The molecule has 0 saturated carbocycles. The van der Waals surface area contributed by atoms with Crippen LogP contribution in [0.4, 0.5) is 0 Å². The van der Waals surface area contributed by atoms with Crippen LogP contribution in [0, 0.1) is 13.8 Å². The molecule has 0 spiro atoms. The van der Waals surface area contributed by atoms with Crippen LogP contribution >= 0.6 is 0 Å². The Balaban J connectivity index is 0.00000280. The minimum absolute atomic E-state index is 0. The fourth-order valence-electron chi connectivity index (χ4n) is 3.88. The normalized spacial score (nSPS) is 12.0. The van der Waals surface area contributed by atoms with Crippen molar-refractivity contribution in [2.75, 3.05) is 20.8 Å². The number of rotatable bonds is 10. The molecule has 2 heterocycles. The summed E-state index contributed by atoms with van der Waals surface area (Å²) in [6, 6.07) is 9.97. The maximum Gasteiger partial charge on any atom is 1.00 e. The number of nitrogens with zero attached hydrogens (tertiary/aromatic N) is 3. The quantitative estimate of drug-likeness (QED) is 0.257. The van der Waals surface area contributed by atoms with E-state index < -0.39 is 33.4 Å². The van der Waals surface area contributed by atoms with Crippen LogP contribution in [0.15, 0.2) is 58.7 Å². The Morgan fingerprint density at radius 3 is 2.36 bits per heavy atom. The molecule has 4 aromatic rings. The third kappa shape index (κ3) is 6.28. The second-order valence-electron chi connectivity index (χ2n) is 8.21. The molecule has 39 heavy (non-hydrogen) atoms. The first-order chi connectivity index (χ1) is 18.1. The van der Waals surface area contributed by atoms with Crippen molar-refractivity contribution in [3.8, 4) is 17.2 Å². The topological polar surface area (TPSA) is 147 Å². The molecule has 2 aromatic heterocycles. The molecule has 4 rings (SSSR count). The van der Waals surface area contributed by atoms with Crippen LogP contribution in [0.1, 0.15) is 18.2 Å². The van der Waals surface area contributed by atoms with E-state index in [-0.39, 0.29) is 58.1 Å². The second-order valence-corrected chi connectivity index (χ2v) is 11.3. The number of carboxylic acids is 1. The van der Waals surface area contributed by atoms with Crippen LogP contribution < -0.4 is 43.8 Å². The Morgan fingerprint density at radius 1 is 1.08 bits per heavy atom. The SMILES string of the molecule is COc1ccc2nc(S(=O)Cc3ncc(C)c(OC)c3C)n(S(=O)(=O)c3ccc(OCC(=O)O)cc3)c2c1.[H-].[Na+]. The van der Waals surface area contributed by atoms with Gasteiger partial charge < -0.3 is 20.7 Å². The van der Waals surface area contributed by atoms with Gasteiger partial charge in [0.05, 0.1) is 52.4 Å². The van der Waals surface area contributed by atoms with Gasteiger partial charge in [-0.25, -0.2) is 22.2 Å². The number of carboxylic acid groups (broad SMARTS) is 1. The predicted octanol–water partition coefficient (Wildman–Crippen LogP) is 0.190. The van der Waals surface area contributed by atoms with Crippen LogP contribution in [0.2, 0.25) is 0 Å². The molecule has 11 nitrogen and oxygen atoms in total. The summed E-state index contributed by atoms with van der Waals surface area (Å²) in [5, 5.41) is 8.61. The summed E-state index contributed by atoms with van der Waals surface area (Å²) in [6.45, 7) is 3.07. The van der Waals surface area contributed by atoms with Gasteiger partial charge >= 0.3 is 35.5 Å². The Labute approximate surface area is 251 Å². The Morgan fingerprint density at radius 2 is 1.74 bits per heavy atom. The molecule has 1 N–H and O–H groups in total. The minimum Gasteiger partial charge on any atom is -1.00 e. The molecule has 202 valence electrons. The van der Waals surface area contributed by atoms with Crippen LogP contribution in [0.3, 0.4) is 0 Å². The largest absolute Gasteiger partial charge is 1.00 e. The van der Waals surface area contributed by atoms with Crippen LogP contribution in [-0.4, -0.2) is 58.5 Å². The fourth-order valence-corrected chi connectivity index (χ4v) is 6.92. The van der Waals surface area contributed by atoms with E-state index in [1.54, 1.807) is 25.3 Å². The van der Waals surface area contributed by atoms with Gasteiger partial charge in [-0.15, -0.1) is 0 Å². The first kappa shape index (κ1) is 30.6. The van der Waals surface area contributed by atoms with Crippen molar-refractivity contribution in [1.29, 1.82) is 0 Å². The number of aliphatic carboxylic acids is 1. The van der Waals surface area contributed by atoms with Crippen LogP contribution in [0.5, 0.6) is 17.2 Å². The van der Waals surface area contributed by atoms with Crippen molar-refractivity contribution in [1.82, 2.24) is 13.9 Å². The van der Waals surface area contributed by atoms with Crippen molar-refractivity contribution in [3.05, 3.63) is 65.5 Å². The number of hydrogen-bond acceptors (Lipinski definition) is 9. The molecular formula is C25H26N3NaO8S2. The van der Waals surface area contributed by atoms with Gasteiger partial charge in [0, 0.05) is 23.4 Å². The van der Waals surface area contributed by atoms with Gasteiger partial charge in [0.25, 0.3) is 10.0 Å². The van der Waals surface area contributed by atoms with E-state index in [9.17, 15) is 17.4 Å². The summed E-state index contributed by atoms with van der Waals surface area (Å²) in [6.07, 6.45) is 1.61. The third-order valence-electron chi connectivity index (χ3n) is 5.74. The smallest absolute Gasteiger partial charge is 1.00 e. The zero-order chi connectivity index (χ0) is 27.6. The van der Waals surface area contributed by atoms with E-state index in [1.807, 2.05) is 6.92 Å². The van der Waals surface area contributed by atoms with Crippen molar-refractivity contribution >= 4 is 37.8 Å². The van der Waals surface area contributed by atoms with Crippen LogP contribution in [0.25, 0.3) is 11.0 Å². The number of fused-ring (bicyclic) bond motifs is 1. The summed E-state index contributed by atoms with van der Waals surface area (Å²) in [5.74, 6) is -0.0707. The van der Waals surface area contributed by atoms with E-state index in [0.717, 1.165) is 9.54 Å². The summed E-state index contributed by atoms with van der Waals surface area (Å²) in [5.41, 5.74) is 2.50. The number of aryl methyl sites for hydroxylation is 1. The molecule has 0 aliphatic heterocycles. The molecule has 2 aromatic carbocycles. The Bertz CT molecular complexity index is 1660. The average molecular weight is 584 g/mol. The third-order valence-corrected chi connectivity index (χ3v) is 8.79. The number of ether oxygens (including phenoxy) is 3. The summed E-state index contributed by atoms with van der Waals surface area (Å²) in [4.78, 5) is 19.4. The summed E-state index contributed by atoms with van der Waals surface area (Å²) in [7, 11) is -3.24. The van der Waals surface area contributed by atoms with Gasteiger partial charge in [0.1, 0.15) is 17.2 Å². The fraction of sp³-hybridized carbons (Fsp3) is 0.240. The van der Waals surface area contributed by atoms with Crippen molar-refractivity contribution in [2.24, 2.45) is 0 Å². The Hall–Kier alpha value is -2.97. The first-order valence-electron chi connectivity index (χ1n) is 11.2. The number of benzene rings is 2. The molecule has 1 unspecified atom stereocenters. The minimum atomic E-state index is -4.30. The predicted molar refractivity (Wildman–Crippen MR) is 140 cm³/mol. The molecule has 1 atom stereocenters.